The molecule has 0 spiro atoms. The third kappa shape index (κ3) is 2.81. The first-order valence-corrected chi connectivity index (χ1v) is 6.66. The fourth-order valence-electron chi connectivity index (χ4n) is 2.81. The standard InChI is InChI=1S/C15H23NO/c1-3-11-7-8-15(17-2)13(9-11)10-12-5-4-6-14(12)16/h7-9,12,14H,3-6,10,16H2,1-2H3. The van der Waals surface area contributed by atoms with Crippen molar-refractivity contribution >= 4 is 0 Å². The molecule has 1 saturated carbocycles. The first-order chi connectivity index (χ1) is 8.24. The van der Waals surface area contributed by atoms with Crippen LogP contribution in [0.3, 0.4) is 0 Å². The van der Waals surface area contributed by atoms with E-state index >= 15 is 0 Å². The molecule has 0 bridgehead atoms. The maximum atomic E-state index is 6.15. The summed E-state index contributed by atoms with van der Waals surface area (Å²) in [4.78, 5) is 0. The van der Waals surface area contributed by atoms with Crippen LogP contribution in [0.25, 0.3) is 0 Å². The zero-order chi connectivity index (χ0) is 12.3. The average molecular weight is 233 g/mol. The van der Waals surface area contributed by atoms with Crippen molar-refractivity contribution in [2.45, 2.75) is 45.1 Å². The summed E-state index contributed by atoms with van der Waals surface area (Å²) >= 11 is 0. The Balaban J connectivity index is 2.17. The van der Waals surface area contributed by atoms with Crippen LogP contribution < -0.4 is 10.5 Å². The highest BCUT2D eigenvalue weighted by molar-refractivity contribution is 5.37. The van der Waals surface area contributed by atoms with Gasteiger partial charge in [0.25, 0.3) is 0 Å². The quantitative estimate of drug-likeness (QED) is 0.868. The summed E-state index contributed by atoms with van der Waals surface area (Å²) in [6.07, 6.45) is 5.87. The van der Waals surface area contributed by atoms with Crippen LogP contribution in [0.5, 0.6) is 5.75 Å². The molecule has 0 saturated heterocycles. The van der Waals surface area contributed by atoms with Gasteiger partial charge in [-0.2, -0.15) is 0 Å². The Kier molecular flexibility index (Phi) is 4.06. The predicted octanol–water partition coefficient (Wildman–Crippen LogP) is 2.93. The van der Waals surface area contributed by atoms with Crippen LogP contribution in [0.2, 0.25) is 0 Å². The maximum Gasteiger partial charge on any atom is 0.122 e. The highest BCUT2D eigenvalue weighted by Crippen LogP contribution is 2.31. The summed E-state index contributed by atoms with van der Waals surface area (Å²) < 4.78 is 5.45. The van der Waals surface area contributed by atoms with E-state index in [2.05, 4.69) is 25.1 Å². The number of methoxy groups -OCH3 is 1. The smallest absolute Gasteiger partial charge is 0.122 e. The van der Waals surface area contributed by atoms with Gasteiger partial charge in [0, 0.05) is 6.04 Å². The van der Waals surface area contributed by atoms with Crippen LogP contribution in [0.4, 0.5) is 0 Å². The molecule has 17 heavy (non-hydrogen) atoms. The third-order valence-electron chi connectivity index (χ3n) is 3.95. The van der Waals surface area contributed by atoms with Crippen molar-refractivity contribution in [1.82, 2.24) is 0 Å². The minimum absolute atomic E-state index is 0.380. The minimum atomic E-state index is 0.380. The van der Waals surface area contributed by atoms with Gasteiger partial charge in [-0.25, -0.2) is 0 Å². The SMILES string of the molecule is CCc1ccc(OC)c(CC2CCCC2N)c1. The van der Waals surface area contributed by atoms with Crippen LogP contribution in [0, 0.1) is 5.92 Å². The predicted molar refractivity (Wildman–Crippen MR) is 71.4 cm³/mol. The molecule has 1 aromatic carbocycles. The van der Waals surface area contributed by atoms with Gasteiger partial charge in [-0.1, -0.05) is 25.5 Å². The Morgan fingerprint density at radius 3 is 2.76 bits per heavy atom. The second-order valence-corrected chi connectivity index (χ2v) is 5.06. The van der Waals surface area contributed by atoms with Gasteiger partial charge in [0.05, 0.1) is 7.11 Å². The lowest BCUT2D eigenvalue weighted by Crippen LogP contribution is -2.26. The lowest BCUT2D eigenvalue weighted by molar-refractivity contribution is 0.400. The van der Waals surface area contributed by atoms with E-state index in [0.29, 0.717) is 12.0 Å². The molecular weight excluding hydrogens is 210 g/mol. The Morgan fingerprint density at radius 1 is 1.35 bits per heavy atom. The van der Waals surface area contributed by atoms with Gasteiger partial charge in [0.1, 0.15) is 5.75 Å². The van der Waals surface area contributed by atoms with Gasteiger partial charge >= 0.3 is 0 Å². The van der Waals surface area contributed by atoms with E-state index in [0.717, 1.165) is 18.6 Å². The number of rotatable bonds is 4. The van der Waals surface area contributed by atoms with Gasteiger partial charge in [0.15, 0.2) is 0 Å². The number of nitrogens with two attached hydrogens (primary N) is 1. The molecule has 0 amide bonds. The molecule has 1 aliphatic carbocycles. The number of hydrogen-bond acceptors (Lipinski definition) is 2. The Labute approximate surface area is 104 Å². The lowest BCUT2D eigenvalue weighted by Gasteiger charge is -2.17. The van der Waals surface area contributed by atoms with Gasteiger partial charge in [-0.15, -0.1) is 0 Å². The summed E-state index contributed by atoms with van der Waals surface area (Å²) in [6, 6.07) is 6.90. The van der Waals surface area contributed by atoms with E-state index in [1.165, 1.54) is 30.4 Å². The number of ether oxygens (including phenoxy) is 1. The monoisotopic (exact) mass is 233 g/mol. The van der Waals surface area contributed by atoms with Gasteiger partial charge in [-0.3, -0.25) is 0 Å². The molecular formula is C15H23NO. The highest BCUT2D eigenvalue weighted by atomic mass is 16.5. The molecule has 94 valence electrons. The van der Waals surface area contributed by atoms with Crippen LogP contribution in [-0.2, 0) is 12.8 Å². The third-order valence-corrected chi connectivity index (χ3v) is 3.95. The van der Waals surface area contributed by atoms with Crippen LogP contribution in [0.1, 0.15) is 37.3 Å². The van der Waals surface area contributed by atoms with Crippen molar-refractivity contribution in [3.8, 4) is 5.75 Å². The molecule has 1 fully saturated rings. The largest absolute Gasteiger partial charge is 0.496 e. The van der Waals surface area contributed by atoms with E-state index in [1.54, 1.807) is 7.11 Å². The van der Waals surface area contributed by atoms with Crippen molar-refractivity contribution in [2.75, 3.05) is 7.11 Å². The van der Waals surface area contributed by atoms with Crippen molar-refractivity contribution in [2.24, 2.45) is 11.7 Å². The zero-order valence-corrected chi connectivity index (χ0v) is 10.9. The molecule has 0 heterocycles. The minimum Gasteiger partial charge on any atom is -0.496 e. The number of aryl methyl sites for hydroxylation is 1. The summed E-state index contributed by atoms with van der Waals surface area (Å²) in [5, 5.41) is 0. The van der Waals surface area contributed by atoms with Gasteiger partial charge in [-0.05, 0) is 48.8 Å². The highest BCUT2D eigenvalue weighted by Gasteiger charge is 2.24. The molecule has 2 rings (SSSR count). The summed E-state index contributed by atoms with van der Waals surface area (Å²) in [6.45, 7) is 2.19. The fourth-order valence-corrected chi connectivity index (χ4v) is 2.81. The Hall–Kier alpha value is -1.02. The zero-order valence-electron chi connectivity index (χ0n) is 10.9. The molecule has 0 radical (unpaired) electrons. The van der Waals surface area contributed by atoms with Crippen molar-refractivity contribution < 1.29 is 4.74 Å². The Bertz CT molecular complexity index is 375. The average Bonchev–Trinajstić information content (AvgIpc) is 2.75. The molecule has 2 N–H and O–H groups in total. The maximum absolute atomic E-state index is 6.15. The second kappa shape index (κ2) is 5.54. The fraction of sp³-hybridized carbons (Fsp3) is 0.600. The summed E-state index contributed by atoms with van der Waals surface area (Å²) in [7, 11) is 1.75. The van der Waals surface area contributed by atoms with E-state index in [9.17, 15) is 0 Å². The van der Waals surface area contributed by atoms with Crippen LogP contribution in [0.15, 0.2) is 18.2 Å². The van der Waals surface area contributed by atoms with E-state index in [4.69, 9.17) is 10.5 Å². The summed E-state index contributed by atoms with van der Waals surface area (Å²) in [5.74, 6) is 1.65. The molecule has 2 heteroatoms. The molecule has 1 aromatic rings. The van der Waals surface area contributed by atoms with E-state index in [1.807, 2.05) is 0 Å². The molecule has 0 aromatic heterocycles. The normalized spacial score (nSPS) is 23.9. The lowest BCUT2D eigenvalue weighted by atomic mass is 9.93. The van der Waals surface area contributed by atoms with E-state index in [-0.39, 0.29) is 0 Å². The van der Waals surface area contributed by atoms with Crippen LogP contribution in [-0.4, -0.2) is 13.2 Å². The van der Waals surface area contributed by atoms with Crippen molar-refractivity contribution in [3.05, 3.63) is 29.3 Å². The van der Waals surface area contributed by atoms with Crippen molar-refractivity contribution in [1.29, 1.82) is 0 Å². The van der Waals surface area contributed by atoms with Gasteiger partial charge < -0.3 is 10.5 Å². The molecule has 2 atom stereocenters. The second-order valence-electron chi connectivity index (χ2n) is 5.06. The first-order valence-electron chi connectivity index (χ1n) is 6.66. The molecule has 2 unspecified atom stereocenters. The molecule has 0 aliphatic heterocycles. The molecule has 1 aliphatic rings. The van der Waals surface area contributed by atoms with E-state index < -0.39 is 0 Å². The van der Waals surface area contributed by atoms with Gasteiger partial charge in [0.2, 0.25) is 0 Å². The molecule has 2 nitrogen and oxygen atoms in total. The van der Waals surface area contributed by atoms with Crippen LogP contribution >= 0.6 is 0 Å². The van der Waals surface area contributed by atoms with Crippen molar-refractivity contribution in [3.63, 3.8) is 0 Å². The summed E-state index contributed by atoms with van der Waals surface area (Å²) in [5.41, 5.74) is 8.86. The topological polar surface area (TPSA) is 35.2 Å². The first kappa shape index (κ1) is 12.4. The number of hydrogen-bond donors (Lipinski definition) is 1. The number of benzene rings is 1. The Morgan fingerprint density at radius 2 is 2.18 bits per heavy atom.